The normalized spacial score (nSPS) is 25.0. The van der Waals surface area contributed by atoms with E-state index in [2.05, 4.69) is 17.2 Å². The van der Waals surface area contributed by atoms with E-state index in [1.807, 2.05) is 0 Å². The Bertz CT molecular complexity index is 281. The van der Waals surface area contributed by atoms with Crippen LogP contribution < -0.4 is 5.32 Å². The van der Waals surface area contributed by atoms with Crippen molar-refractivity contribution in [1.29, 1.82) is 0 Å². The van der Waals surface area contributed by atoms with Gasteiger partial charge < -0.3 is 10.4 Å². The van der Waals surface area contributed by atoms with Gasteiger partial charge in [-0.15, -0.1) is 0 Å². The summed E-state index contributed by atoms with van der Waals surface area (Å²) in [6.45, 7) is 1.47. The van der Waals surface area contributed by atoms with Crippen LogP contribution in [-0.2, 0) is 9.59 Å². The summed E-state index contributed by atoms with van der Waals surface area (Å²) in [5.74, 6) is 3.69. The maximum Gasteiger partial charge on any atom is 0.381 e. The zero-order valence-corrected chi connectivity index (χ0v) is 7.33. The molecule has 1 aliphatic carbocycles. The van der Waals surface area contributed by atoms with Gasteiger partial charge in [-0.05, 0) is 12.8 Å². The highest BCUT2D eigenvalue weighted by Gasteiger charge is 2.28. The standard InChI is InChI=1S/C9H11NO3/c1-6(11)10-8-4-7(5-8)2-3-9(12)13/h7-8H,4-5H2,1H3,(H,10,11)(H,12,13). The number of aliphatic carboxylic acids is 1. The molecular weight excluding hydrogens is 170 g/mol. The largest absolute Gasteiger partial charge is 0.472 e. The fourth-order valence-corrected chi connectivity index (χ4v) is 1.30. The molecule has 0 aromatic rings. The number of carbonyl (C=O) groups excluding carboxylic acids is 1. The Morgan fingerprint density at radius 2 is 2.08 bits per heavy atom. The Balaban J connectivity index is 2.23. The molecule has 13 heavy (non-hydrogen) atoms. The Labute approximate surface area is 76.3 Å². The van der Waals surface area contributed by atoms with Crippen LogP contribution >= 0.6 is 0 Å². The second kappa shape index (κ2) is 3.94. The van der Waals surface area contributed by atoms with Crippen molar-refractivity contribution < 1.29 is 14.7 Å². The van der Waals surface area contributed by atoms with E-state index in [1.54, 1.807) is 0 Å². The molecule has 1 aliphatic rings. The van der Waals surface area contributed by atoms with Crippen molar-refractivity contribution in [2.45, 2.75) is 25.8 Å². The Morgan fingerprint density at radius 1 is 1.46 bits per heavy atom. The van der Waals surface area contributed by atoms with Gasteiger partial charge in [-0.25, -0.2) is 4.79 Å². The van der Waals surface area contributed by atoms with E-state index in [4.69, 9.17) is 5.11 Å². The van der Waals surface area contributed by atoms with Crippen molar-refractivity contribution in [3.63, 3.8) is 0 Å². The molecule has 0 bridgehead atoms. The molecule has 1 saturated carbocycles. The number of carbonyl (C=O) groups is 2. The minimum atomic E-state index is -1.09. The predicted octanol–water partition coefficient (Wildman–Crippen LogP) is -0.0109. The van der Waals surface area contributed by atoms with Crippen molar-refractivity contribution >= 4 is 11.9 Å². The summed E-state index contributed by atoms with van der Waals surface area (Å²) < 4.78 is 0. The summed E-state index contributed by atoms with van der Waals surface area (Å²) in [4.78, 5) is 20.6. The lowest BCUT2D eigenvalue weighted by atomic mass is 9.81. The number of amides is 1. The average Bonchev–Trinajstić information content (AvgIpc) is 1.92. The molecule has 1 amide bonds. The van der Waals surface area contributed by atoms with Crippen LogP contribution in [0.2, 0.25) is 0 Å². The maximum absolute atomic E-state index is 10.6. The number of nitrogens with one attached hydrogen (secondary N) is 1. The fraction of sp³-hybridized carbons (Fsp3) is 0.556. The summed E-state index contributed by atoms with van der Waals surface area (Å²) in [5, 5.41) is 11.0. The molecule has 70 valence electrons. The van der Waals surface area contributed by atoms with E-state index >= 15 is 0 Å². The van der Waals surface area contributed by atoms with E-state index in [9.17, 15) is 9.59 Å². The molecule has 0 aliphatic heterocycles. The smallest absolute Gasteiger partial charge is 0.381 e. The third-order valence-electron chi connectivity index (χ3n) is 1.93. The maximum atomic E-state index is 10.6. The molecule has 1 rings (SSSR count). The third kappa shape index (κ3) is 3.16. The molecule has 0 radical (unpaired) electrons. The highest BCUT2D eigenvalue weighted by Crippen LogP contribution is 2.26. The molecule has 0 atom stereocenters. The number of carboxylic acids is 1. The van der Waals surface area contributed by atoms with Gasteiger partial charge in [0.05, 0.1) is 0 Å². The number of hydrogen-bond acceptors (Lipinski definition) is 2. The first-order valence-corrected chi connectivity index (χ1v) is 4.09. The second-order valence-corrected chi connectivity index (χ2v) is 3.14. The van der Waals surface area contributed by atoms with E-state index in [0.717, 1.165) is 12.8 Å². The monoisotopic (exact) mass is 181 g/mol. The van der Waals surface area contributed by atoms with Gasteiger partial charge in [-0.1, -0.05) is 5.92 Å². The van der Waals surface area contributed by atoms with Crippen LogP contribution in [0.25, 0.3) is 0 Å². The topological polar surface area (TPSA) is 66.4 Å². The van der Waals surface area contributed by atoms with Gasteiger partial charge >= 0.3 is 5.97 Å². The Hall–Kier alpha value is -1.50. The minimum absolute atomic E-state index is 0.0466. The van der Waals surface area contributed by atoms with Crippen molar-refractivity contribution in [2.24, 2.45) is 5.92 Å². The molecule has 0 saturated heterocycles. The summed E-state index contributed by atoms with van der Waals surface area (Å²) >= 11 is 0. The van der Waals surface area contributed by atoms with Gasteiger partial charge in [0.2, 0.25) is 5.91 Å². The van der Waals surface area contributed by atoms with E-state index < -0.39 is 5.97 Å². The first kappa shape index (κ1) is 9.59. The summed E-state index contributed by atoms with van der Waals surface area (Å²) in [7, 11) is 0. The van der Waals surface area contributed by atoms with Crippen molar-refractivity contribution in [2.75, 3.05) is 0 Å². The highest BCUT2D eigenvalue weighted by atomic mass is 16.4. The summed E-state index contributed by atoms with van der Waals surface area (Å²) in [6, 6.07) is 0.186. The molecule has 4 heteroatoms. The predicted molar refractivity (Wildman–Crippen MR) is 45.7 cm³/mol. The van der Waals surface area contributed by atoms with Crippen LogP contribution in [-0.4, -0.2) is 23.0 Å². The van der Waals surface area contributed by atoms with Crippen molar-refractivity contribution in [3.8, 4) is 11.8 Å². The van der Waals surface area contributed by atoms with Crippen molar-refractivity contribution in [1.82, 2.24) is 5.32 Å². The van der Waals surface area contributed by atoms with Gasteiger partial charge in [0.1, 0.15) is 0 Å². The van der Waals surface area contributed by atoms with Gasteiger partial charge in [0.15, 0.2) is 0 Å². The minimum Gasteiger partial charge on any atom is -0.472 e. The van der Waals surface area contributed by atoms with E-state index in [-0.39, 0.29) is 17.9 Å². The van der Waals surface area contributed by atoms with Crippen LogP contribution in [0.4, 0.5) is 0 Å². The van der Waals surface area contributed by atoms with Crippen LogP contribution in [0.5, 0.6) is 0 Å². The van der Waals surface area contributed by atoms with Crippen LogP contribution in [0.1, 0.15) is 19.8 Å². The SMILES string of the molecule is CC(=O)NC1CC(C#CC(=O)O)C1. The van der Waals surface area contributed by atoms with Gasteiger partial charge in [-0.3, -0.25) is 4.79 Å². The first-order valence-electron chi connectivity index (χ1n) is 4.09. The third-order valence-corrected chi connectivity index (χ3v) is 1.93. The number of hydrogen-bond donors (Lipinski definition) is 2. The van der Waals surface area contributed by atoms with Gasteiger partial charge in [-0.2, -0.15) is 0 Å². The lowest BCUT2D eigenvalue weighted by Gasteiger charge is -2.31. The second-order valence-electron chi connectivity index (χ2n) is 3.14. The molecule has 0 aromatic heterocycles. The van der Waals surface area contributed by atoms with Crippen LogP contribution in [0.15, 0.2) is 0 Å². The summed E-state index contributed by atoms with van der Waals surface area (Å²) in [5.41, 5.74) is 0. The van der Waals surface area contributed by atoms with Crippen molar-refractivity contribution in [3.05, 3.63) is 0 Å². The van der Waals surface area contributed by atoms with Gasteiger partial charge in [0, 0.05) is 24.8 Å². The number of carboxylic acid groups (broad SMARTS) is 1. The first-order chi connectivity index (χ1) is 6.08. The molecule has 0 unspecified atom stereocenters. The molecular formula is C9H11NO3. The van der Waals surface area contributed by atoms with Crippen LogP contribution in [0.3, 0.4) is 0 Å². The molecule has 4 nitrogen and oxygen atoms in total. The van der Waals surface area contributed by atoms with E-state index in [0.29, 0.717) is 0 Å². The fourth-order valence-electron chi connectivity index (χ4n) is 1.30. The Morgan fingerprint density at radius 3 is 2.54 bits per heavy atom. The molecule has 1 fully saturated rings. The van der Waals surface area contributed by atoms with E-state index in [1.165, 1.54) is 6.92 Å². The Kier molecular flexibility index (Phi) is 2.91. The zero-order chi connectivity index (χ0) is 9.84. The highest BCUT2D eigenvalue weighted by molar-refractivity contribution is 5.86. The quantitative estimate of drug-likeness (QED) is 0.559. The van der Waals surface area contributed by atoms with Gasteiger partial charge in [0.25, 0.3) is 0 Å². The molecule has 0 aromatic carbocycles. The average molecular weight is 181 g/mol. The zero-order valence-electron chi connectivity index (χ0n) is 7.33. The lowest BCUT2D eigenvalue weighted by Crippen LogP contribution is -2.42. The summed E-state index contributed by atoms with van der Waals surface area (Å²) in [6.07, 6.45) is 1.53. The number of rotatable bonds is 1. The molecule has 0 heterocycles. The van der Waals surface area contributed by atoms with Crippen LogP contribution in [0, 0.1) is 17.8 Å². The lowest BCUT2D eigenvalue weighted by molar-refractivity contribution is -0.130. The molecule has 2 N–H and O–H groups in total. The molecule has 0 spiro atoms.